The minimum Gasteiger partial charge on any atom is -0.207 e. The van der Waals surface area contributed by atoms with Crippen LogP contribution in [-0.4, -0.2) is 0 Å². The van der Waals surface area contributed by atoms with Crippen molar-refractivity contribution in [2.24, 2.45) is 0 Å². The van der Waals surface area contributed by atoms with Gasteiger partial charge in [-0.1, -0.05) is 309 Å². The molecule has 0 N–H and O–H groups in total. The van der Waals surface area contributed by atoms with Gasteiger partial charge in [-0.05, 0) is 424 Å². The van der Waals surface area contributed by atoms with Crippen LogP contribution in [0.3, 0.4) is 0 Å². The number of fused-ring (bicyclic) bond motifs is 27. The molecular weight excluding hydrogens is 1790 g/mol. The molecule has 0 bridgehead atoms. The van der Waals surface area contributed by atoms with Crippen LogP contribution in [0.25, 0.3) is 325 Å². The second kappa shape index (κ2) is 30.3. The van der Waals surface area contributed by atoms with Crippen molar-refractivity contribution in [3.63, 3.8) is 0 Å². The van der Waals surface area contributed by atoms with Crippen LogP contribution in [0.5, 0.6) is 0 Å². The van der Waals surface area contributed by atoms with E-state index in [0.29, 0.717) is 27.6 Å². The van der Waals surface area contributed by atoms with Crippen LogP contribution in [0.2, 0.25) is 0 Å². The number of halogens is 7. The number of hydrogen-bond donors (Lipinski definition) is 0. The van der Waals surface area contributed by atoms with Gasteiger partial charge in [0.2, 0.25) is 0 Å². The second-order valence-corrected chi connectivity index (χ2v) is 39.3. The highest BCUT2D eigenvalue weighted by atomic mass is 19.2. The summed E-state index contributed by atoms with van der Waals surface area (Å²) in [5, 5.41) is 53.3. The van der Waals surface area contributed by atoms with E-state index in [1.165, 1.54) is 176 Å². The molecule has 0 aromatic heterocycles. The lowest BCUT2D eigenvalue weighted by Gasteiger charge is -2.18. The third kappa shape index (κ3) is 11.5. The van der Waals surface area contributed by atoms with E-state index in [4.69, 9.17) is 0 Å². The molecule has 7 heteroatoms. The fraction of sp³-hybridized carbons (Fsp3) is 0. The summed E-state index contributed by atoms with van der Waals surface area (Å²) < 4.78 is 105. The summed E-state index contributed by atoms with van der Waals surface area (Å²) in [6.45, 7) is 0. The Morgan fingerprint density at radius 2 is 0.324 bits per heavy atom. The smallest absolute Gasteiger partial charge is 0.131 e. The van der Waals surface area contributed by atoms with Crippen molar-refractivity contribution in [1.82, 2.24) is 0 Å². The van der Waals surface area contributed by atoms with Gasteiger partial charge in [0.05, 0.1) is 0 Å². The van der Waals surface area contributed by atoms with Crippen LogP contribution in [0.4, 0.5) is 30.7 Å². The predicted octanol–water partition coefficient (Wildman–Crippen LogP) is 40.3. The summed E-state index contributed by atoms with van der Waals surface area (Å²) in [7, 11) is 0. The standard InChI is InChI=1S/C46H22F4.C46H24F2.C46H25F/c47-27-14-25(15-28(48)19-27)42-38-21-36-33-10-3-7-23-8-4-11-34(41(23)33)37(36)22-39(38)43(26-16-29(49)20-30(50)17-26)46-40-18-24-6-1-2-9-31(24)32-12-5-13-35(44(32)40)45(42)46;47-29-18-14-26(15-19-29)42-39-23-36-33-11-5-10-32-31-9-2-1-6-28(31)22-38(44(32)33)37(36)24-40(39)43(27-16-20-30(48)21-17-27)46-35-13-4-8-25-7-3-12-34(41(25)35)45(42)46;47-40-22-21-32-36-25-37-38(24-35(36)31-18-9-19-33(40)43(31)32)42(27-13-5-2-6-14-27)46-39-23-28-15-7-8-16-29(28)30-17-10-20-34(44(30)39)45(46)41(37)26-11-3-1-4-12-26/h1-22H;1-24H;1-25H. The molecule has 672 valence electrons. The quantitative estimate of drug-likeness (QED) is 0.115. The van der Waals surface area contributed by atoms with E-state index in [0.717, 1.165) is 158 Å². The average Bonchev–Trinajstić information content (AvgIpc) is 1.55. The first-order chi connectivity index (χ1) is 71.3. The van der Waals surface area contributed by atoms with Crippen LogP contribution in [0.15, 0.2) is 431 Å². The number of rotatable bonds is 6. The summed E-state index contributed by atoms with van der Waals surface area (Å²) in [5.41, 5.74) is 11.1. The Bertz CT molecular complexity index is 11400. The lowest BCUT2D eigenvalue weighted by atomic mass is 9.85. The van der Waals surface area contributed by atoms with Crippen molar-refractivity contribution >= 4 is 259 Å². The molecule has 0 amide bonds. The summed E-state index contributed by atoms with van der Waals surface area (Å²) in [6.07, 6.45) is 0. The van der Waals surface area contributed by atoms with Gasteiger partial charge in [0.1, 0.15) is 40.7 Å². The van der Waals surface area contributed by atoms with Crippen LogP contribution >= 0.6 is 0 Å². The maximum atomic E-state index is 15.2. The molecule has 0 fully saturated rings. The third-order valence-electron chi connectivity index (χ3n) is 31.8. The lowest BCUT2D eigenvalue weighted by Crippen LogP contribution is -1.92. The van der Waals surface area contributed by atoms with Gasteiger partial charge in [-0.25, -0.2) is 30.7 Å². The van der Waals surface area contributed by atoms with Crippen molar-refractivity contribution in [2.75, 3.05) is 0 Å². The Morgan fingerprint density at radius 3 is 0.683 bits per heavy atom. The molecule has 0 aliphatic rings. The normalized spacial score (nSPS) is 12.4. The molecule has 145 heavy (non-hydrogen) atoms. The van der Waals surface area contributed by atoms with Crippen molar-refractivity contribution in [2.45, 2.75) is 0 Å². The molecule has 0 spiro atoms. The van der Waals surface area contributed by atoms with Crippen LogP contribution in [0.1, 0.15) is 0 Å². The van der Waals surface area contributed by atoms with Crippen molar-refractivity contribution in [3.8, 4) is 66.8 Å². The largest absolute Gasteiger partial charge is 0.207 e. The minimum absolute atomic E-state index is 0.172. The zero-order valence-electron chi connectivity index (χ0n) is 77.1. The molecular formula is C138H71F7. The molecule has 0 saturated heterocycles. The van der Waals surface area contributed by atoms with Crippen molar-refractivity contribution in [3.05, 3.63) is 471 Å². The molecule has 0 atom stereocenters. The Kier molecular flexibility index (Phi) is 17.0. The van der Waals surface area contributed by atoms with Gasteiger partial charge < -0.3 is 0 Å². The highest BCUT2D eigenvalue weighted by molar-refractivity contribution is 6.48. The fourth-order valence-corrected chi connectivity index (χ4v) is 26.3. The summed E-state index contributed by atoms with van der Waals surface area (Å²) in [4.78, 5) is 0. The summed E-state index contributed by atoms with van der Waals surface area (Å²) in [5.74, 6) is -3.43. The van der Waals surface area contributed by atoms with E-state index < -0.39 is 23.3 Å². The molecule has 0 nitrogen and oxygen atoms in total. The second-order valence-electron chi connectivity index (χ2n) is 39.3. The maximum absolute atomic E-state index is 15.2. The van der Waals surface area contributed by atoms with Crippen LogP contribution < -0.4 is 0 Å². The molecule has 33 rings (SSSR count). The van der Waals surface area contributed by atoms with E-state index in [1.54, 1.807) is 30.3 Å². The van der Waals surface area contributed by atoms with Gasteiger partial charge in [-0.3, -0.25) is 0 Å². The number of hydrogen-bond acceptors (Lipinski definition) is 0. The molecule has 0 saturated carbocycles. The first-order valence-electron chi connectivity index (χ1n) is 49.0. The molecule has 0 radical (unpaired) electrons. The Labute approximate surface area is 821 Å². The van der Waals surface area contributed by atoms with Crippen LogP contribution in [0, 0.1) is 40.7 Å². The lowest BCUT2D eigenvalue weighted by molar-refractivity contribution is 0.583. The fourth-order valence-electron chi connectivity index (χ4n) is 26.3. The van der Waals surface area contributed by atoms with Gasteiger partial charge >= 0.3 is 0 Å². The van der Waals surface area contributed by atoms with Crippen LogP contribution in [-0.2, 0) is 0 Å². The molecule has 0 unspecified atom stereocenters. The number of benzene rings is 27. The van der Waals surface area contributed by atoms with E-state index in [1.807, 2.05) is 78.9 Å². The molecule has 0 heterocycles. The van der Waals surface area contributed by atoms with Gasteiger partial charge in [0.15, 0.2) is 0 Å². The van der Waals surface area contributed by atoms with Gasteiger partial charge in [0, 0.05) is 22.9 Å². The van der Waals surface area contributed by atoms with E-state index >= 15 is 22.0 Å². The summed E-state index contributed by atoms with van der Waals surface area (Å²) in [6, 6.07) is 144. The molecule has 33 aromatic rings. The minimum atomic E-state index is -0.685. The monoisotopic (exact) mass is 1860 g/mol. The topological polar surface area (TPSA) is 0 Å². The molecule has 0 aliphatic heterocycles. The highest BCUT2D eigenvalue weighted by Crippen LogP contribution is 2.60. The zero-order chi connectivity index (χ0) is 95.9. The zero-order valence-corrected chi connectivity index (χ0v) is 77.1. The average molecular weight is 1860 g/mol. The molecule has 33 aromatic carbocycles. The predicted molar refractivity (Wildman–Crippen MR) is 599 cm³/mol. The van der Waals surface area contributed by atoms with E-state index in [-0.39, 0.29) is 17.5 Å². The Balaban J connectivity index is 0.0000000990. The SMILES string of the molecule is Fc1cc(F)cc(-c2c3cc4c(cc3c(-c3cc(F)cc(F)c3)c3c5cc6ccccc6c6cccc(c23)c65)c2cccc3cccc4c32)c1.Fc1ccc(-c2c3cc4c(cc3c(-c3ccc(F)cc3)c3c5cccc6cccc(c23)c65)c2cc3ccccc3c3cccc4c32)cc1.Fc1ccc2c3cc4c(-c5ccccc5)c5c6cccc7c8ccccc8cc(c5c(-c5ccccc5)c4cc3c3cccc1c23)c76. The Morgan fingerprint density at radius 1 is 0.0966 bits per heavy atom. The first kappa shape index (κ1) is 81.4. The van der Waals surface area contributed by atoms with Gasteiger partial charge in [-0.15, -0.1) is 0 Å². The van der Waals surface area contributed by atoms with Gasteiger partial charge in [-0.2, -0.15) is 0 Å². The van der Waals surface area contributed by atoms with Gasteiger partial charge in [0.25, 0.3) is 0 Å². The van der Waals surface area contributed by atoms with Crippen molar-refractivity contribution < 1.29 is 30.7 Å². The highest BCUT2D eigenvalue weighted by Gasteiger charge is 2.33. The third-order valence-corrected chi connectivity index (χ3v) is 31.8. The van der Waals surface area contributed by atoms with E-state index in [2.05, 4.69) is 285 Å². The first-order valence-corrected chi connectivity index (χ1v) is 49.0. The Hall–Kier alpha value is -18.4. The maximum Gasteiger partial charge on any atom is 0.131 e. The summed E-state index contributed by atoms with van der Waals surface area (Å²) >= 11 is 0. The van der Waals surface area contributed by atoms with Crippen molar-refractivity contribution in [1.29, 1.82) is 0 Å². The molecule has 0 aliphatic carbocycles. The van der Waals surface area contributed by atoms with E-state index in [9.17, 15) is 8.78 Å².